The lowest BCUT2D eigenvalue weighted by Crippen LogP contribution is -2.51. The molecule has 3 aromatic carbocycles. The molecule has 2 atom stereocenters. The van der Waals surface area contributed by atoms with Crippen molar-refractivity contribution in [3.63, 3.8) is 0 Å². The van der Waals surface area contributed by atoms with E-state index in [-0.39, 0.29) is 24.4 Å². The predicted molar refractivity (Wildman–Crippen MR) is 150 cm³/mol. The first-order valence-corrected chi connectivity index (χ1v) is 12.6. The number of rotatable bonds is 6. The highest BCUT2D eigenvalue weighted by atomic mass is 35.5. The van der Waals surface area contributed by atoms with E-state index in [1.54, 1.807) is 0 Å². The van der Waals surface area contributed by atoms with Gasteiger partial charge in [0.2, 0.25) is 0 Å². The molecule has 1 fully saturated rings. The smallest absolute Gasteiger partial charge is 0.254 e. The number of fused-ring (bicyclic) bond motifs is 1. The van der Waals surface area contributed by atoms with Crippen molar-refractivity contribution < 1.29 is 4.79 Å². The second kappa shape index (κ2) is 11.7. The highest BCUT2D eigenvalue weighted by Crippen LogP contribution is 2.25. The van der Waals surface area contributed by atoms with Crippen molar-refractivity contribution in [2.24, 2.45) is 0 Å². The Kier molecular flexibility index (Phi) is 8.40. The Labute approximate surface area is 220 Å². The number of para-hydroxylation sites is 1. The van der Waals surface area contributed by atoms with E-state index in [4.69, 9.17) is 4.98 Å². The minimum atomic E-state index is 0. The summed E-state index contributed by atoms with van der Waals surface area (Å²) in [4.78, 5) is 20.5. The first-order chi connectivity index (χ1) is 17.0. The van der Waals surface area contributed by atoms with Crippen molar-refractivity contribution in [2.45, 2.75) is 51.7 Å². The molecule has 0 saturated carbocycles. The van der Waals surface area contributed by atoms with Crippen LogP contribution in [-0.2, 0) is 13.0 Å². The van der Waals surface area contributed by atoms with Gasteiger partial charge >= 0.3 is 0 Å². The standard InChI is InChI=1S/C31H33N3O.ClH/c1-22-16-23(2)18-26(17-22)31(35)34-15-14-27(20-29(34)19-24-8-4-3-5-9-24)32-21-28-13-12-25-10-6-7-11-30(25)33-28;/h3-13,16-18,27,29,32H,14-15,19-21H2,1-2H3;1H/t27-,29+;/m0./s1. The fourth-order valence-electron chi connectivity index (χ4n) is 5.30. The van der Waals surface area contributed by atoms with E-state index in [0.717, 1.165) is 65.6 Å². The van der Waals surface area contributed by atoms with Gasteiger partial charge in [-0.2, -0.15) is 0 Å². The topological polar surface area (TPSA) is 45.2 Å². The molecule has 1 saturated heterocycles. The fraction of sp³-hybridized carbons (Fsp3) is 0.290. The molecule has 36 heavy (non-hydrogen) atoms. The Morgan fingerprint density at radius 3 is 2.44 bits per heavy atom. The second-order valence-electron chi connectivity index (χ2n) is 9.82. The van der Waals surface area contributed by atoms with Gasteiger partial charge in [0.1, 0.15) is 0 Å². The van der Waals surface area contributed by atoms with Crippen LogP contribution in [0.1, 0.15) is 45.6 Å². The molecule has 186 valence electrons. The van der Waals surface area contributed by atoms with Crippen LogP contribution in [0.4, 0.5) is 0 Å². The van der Waals surface area contributed by atoms with Gasteiger partial charge in [-0.15, -0.1) is 12.4 Å². The molecule has 5 rings (SSSR count). The molecule has 4 nitrogen and oxygen atoms in total. The molecule has 0 spiro atoms. The highest BCUT2D eigenvalue weighted by molar-refractivity contribution is 5.95. The normalized spacial score (nSPS) is 17.6. The number of likely N-dealkylation sites (tertiary alicyclic amines) is 1. The molecular weight excluding hydrogens is 466 g/mol. The van der Waals surface area contributed by atoms with Gasteiger partial charge in [-0.1, -0.05) is 71.8 Å². The summed E-state index contributed by atoms with van der Waals surface area (Å²) >= 11 is 0. The van der Waals surface area contributed by atoms with E-state index in [0.29, 0.717) is 6.04 Å². The van der Waals surface area contributed by atoms with Gasteiger partial charge < -0.3 is 10.2 Å². The third-order valence-corrected chi connectivity index (χ3v) is 6.99. The maximum atomic E-state index is 13.6. The van der Waals surface area contributed by atoms with Crippen LogP contribution in [0.3, 0.4) is 0 Å². The summed E-state index contributed by atoms with van der Waals surface area (Å²) in [5.74, 6) is 0.146. The van der Waals surface area contributed by atoms with Crippen molar-refractivity contribution in [2.75, 3.05) is 6.54 Å². The molecule has 1 aliphatic rings. The lowest BCUT2D eigenvalue weighted by Gasteiger charge is -2.40. The van der Waals surface area contributed by atoms with Crippen LogP contribution in [0.2, 0.25) is 0 Å². The van der Waals surface area contributed by atoms with Crippen molar-refractivity contribution in [3.8, 4) is 0 Å². The van der Waals surface area contributed by atoms with Gasteiger partial charge in [0.05, 0.1) is 11.2 Å². The number of benzene rings is 3. The van der Waals surface area contributed by atoms with Crippen LogP contribution in [-0.4, -0.2) is 34.4 Å². The number of halogens is 1. The van der Waals surface area contributed by atoms with E-state index >= 15 is 0 Å². The van der Waals surface area contributed by atoms with Gasteiger partial charge in [0.15, 0.2) is 0 Å². The molecular formula is C31H34ClN3O. The Bertz CT molecular complexity index is 1300. The predicted octanol–water partition coefficient (Wildman–Crippen LogP) is 6.28. The molecule has 1 N–H and O–H groups in total. The number of aromatic nitrogens is 1. The monoisotopic (exact) mass is 499 g/mol. The number of hydrogen-bond acceptors (Lipinski definition) is 3. The Morgan fingerprint density at radius 1 is 0.944 bits per heavy atom. The minimum Gasteiger partial charge on any atom is -0.335 e. The third-order valence-electron chi connectivity index (χ3n) is 6.99. The third kappa shape index (κ3) is 6.13. The van der Waals surface area contributed by atoms with Gasteiger partial charge in [-0.3, -0.25) is 9.78 Å². The number of piperidine rings is 1. The lowest BCUT2D eigenvalue weighted by atomic mass is 9.91. The lowest BCUT2D eigenvalue weighted by molar-refractivity contribution is 0.0576. The van der Waals surface area contributed by atoms with Crippen molar-refractivity contribution in [1.29, 1.82) is 0 Å². The highest BCUT2D eigenvalue weighted by Gasteiger charge is 2.32. The number of carbonyl (C=O) groups excluding carboxylic acids is 1. The van der Waals surface area contributed by atoms with Crippen molar-refractivity contribution in [1.82, 2.24) is 15.2 Å². The summed E-state index contributed by atoms with van der Waals surface area (Å²) in [5.41, 5.74) is 6.42. The number of amides is 1. The molecule has 0 radical (unpaired) electrons. The van der Waals surface area contributed by atoms with E-state index in [9.17, 15) is 4.79 Å². The number of nitrogens with zero attached hydrogens (tertiary/aromatic N) is 2. The SMILES string of the molecule is Cc1cc(C)cc(C(=O)N2CC[C@H](NCc3ccc4ccccc4n3)C[C@H]2Cc2ccccc2)c1.Cl. The summed E-state index contributed by atoms with van der Waals surface area (Å²) in [5, 5.41) is 4.90. The zero-order valence-electron chi connectivity index (χ0n) is 21.0. The van der Waals surface area contributed by atoms with E-state index in [2.05, 4.69) is 78.7 Å². The van der Waals surface area contributed by atoms with Crippen molar-refractivity contribution >= 4 is 29.2 Å². The average molecular weight is 500 g/mol. The molecule has 5 heteroatoms. The fourth-order valence-corrected chi connectivity index (χ4v) is 5.30. The van der Waals surface area contributed by atoms with Crippen LogP contribution in [0, 0.1) is 13.8 Å². The minimum absolute atomic E-state index is 0. The van der Waals surface area contributed by atoms with Gasteiger partial charge in [0.25, 0.3) is 5.91 Å². The van der Waals surface area contributed by atoms with Crippen LogP contribution in [0.25, 0.3) is 10.9 Å². The summed E-state index contributed by atoms with van der Waals surface area (Å²) in [6.45, 7) is 5.61. The summed E-state index contributed by atoms with van der Waals surface area (Å²) in [6, 6.07) is 29.7. The number of carbonyl (C=O) groups is 1. The number of nitrogens with one attached hydrogen (secondary N) is 1. The number of hydrogen-bond donors (Lipinski definition) is 1. The second-order valence-corrected chi connectivity index (χ2v) is 9.82. The van der Waals surface area contributed by atoms with Crippen LogP contribution in [0.5, 0.6) is 0 Å². The number of pyridine rings is 1. The maximum Gasteiger partial charge on any atom is 0.254 e. The number of aryl methyl sites for hydroxylation is 2. The molecule has 0 bridgehead atoms. The van der Waals surface area contributed by atoms with Crippen LogP contribution < -0.4 is 5.32 Å². The molecule has 1 aromatic heterocycles. The molecule has 4 aromatic rings. The maximum absolute atomic E-state index is 13.6. The Hall–Kier alpha value is -3.21. The molecule has 0 unspecified atom stereocenters. The van der Waals surface area contributed by atoms with Crippen molar-refractivity contribution in [3.05, 3.63) is 113 Å². The average Bonchev–Trinajstić information content (AvgIpc) is 2.87. The van der Waals surface area contributed by atoms with E-state index < -0.39 is 0 Å². The quantitative estimate of drug-likeness (QED) is 0.339. The van der Waals surface area contributed by atoms with Crippen LogP contribution in [0.15, 0.2) is 84.9 Å². The van der Waals surface area contributed by atoms with Gasteiger partial charge in [-0.05, 0) is 62.9 Å². The van der Waals surface area contributed by atoms with E-state index in [1.165, 1.54) is 5.56 Å². The van der Waals surface area contributed by atoms with Gasteiger partial charge in [0, 0.05) is 36.1 Å². The molecule has 0 aliphatic carbocycles. The Morgan fingerprint density at radius 2 is 1.67 bits per heavy atom. The first kappa shape index (κ1) is 25.9. The summed E-state index contributed by atoms with van der Waals surface area (Å²) in [6.07, 6.45) is 2.73. The summed E-state index contributed by atoms with van der Waals surface area (Å²) in [7, 11) is 0. The largest absolute Gasteiger partial charge is 0.335 e. The molecule has 1 aliphatic heterocycles. The van der Waals surface area contributed by atoms with Crippen LogP contribution >= 0.6 is 12.4 Å². The molecule has 1 amide bonds. The summed E-state index contributed by atoms with van der Waals surface area (Å²) < 4.78 is 0. The van der Waals surface area contributed by atoms with E-state index in [1.807, 2.05) is 30.3 Å². The van der Waals surface area contributed by atoms with Gasteiger partial charge in [-0.25, -0.2) is 0 Å². The first-order valence-electron chi connectivity index (χ1n) is 12.6. The zero-order chi connectivity index (χ0) is 24.2. The Balaban J connectivity index is 0.00000304. The zero-order valence-corrected chi connectivity index (χ0v) is 21.8. The molecule has 2 heterocycles.